The van der Waals surface area contributed by atoms with Gasteiger partial charge in [0.15, 0.2) is 5.60 Å². The quantitative estimate of drug-likeness (QED) is 0.516. The van der Waals surface area contributed by atoms with Crippen LogP contribution in [0.25, 0.3) is 0 Å². The number of hydrogen-bond donors (Lipinski definition) is 2. The Morgan fingerprint density at radius 2 is 2.30 bits per heavy atom. The third-order valence-electron chi connectivity index (χ3n) is 1.11. The standard InChI is InChI=1S/C6H13NO3/c1-3-10-5(8)6(2,9)4-7/h9H,3-4,7H2,1-2H3/t6-/m1/s1. The lowest BCUT2D eigenvalue weighted by Crippen LogP contribution is -2.43. The Morgan fingerprint density at radius 1 is 1.80 bits per heavy atom. The van der Waals surface area contributed by atoms with Crippen molar-refractivity contribution in [3.8, 4) is 0 Å². The molecule has 0 rings (SSSR count). The van der Waals surface area contributed by atoms with Gasteiger partial charge in [-0.05, 0) is 13.8 Å². The highest BCUT2D eigenvalue weighted by Gasteiger charge is 2.29. The number of rotatable bonds is 3. The van der Waals surface area contributed by atoms with Crippen molar-refractivity contribution in [3.63, 3.8) is 0 Å². The van der Waals surface area contributed by atoms with E-state index < -0.39 is 11.6 Å². The van der Waals surface area contributed by atoms with Gasteiger partial charge in [0.05, 0.1) is 6.61 Å². The second-order valence-corrected chi connectivity index (χ2v) is 2.20. The molecule has 0 aromatic rings. The Labute approximate surface area is 60.0 Å². The Bertz CT molecular complexity index is 122. The van der Waals surface area contributed by atoms with Gasteiger partial charge in [-0.25, -0.2) is 4.79 Å². The molecule has 0 fully saturated rings. The molecule has 0 aliphatic carbocycles. The van der Waals surface area contributed by atoms with E-state index in [0.29, 0.717) is 0 Å². The summed E-state index contributed by atoms with van der Waals surface area (Å²) in [7, 11) is 0. The van der Waals surface area contributed by atoms with E-state index >= 15 is 0 Å². The van der Waals surface area contributed by atoms with Crippen molar-refractivity contribution in [3.05, 3.63) is 0 Å². The molecule has 0 radical (unpaired) electrons. The maximum Gasteiger partial charge on any atom is 0.339 e. The molecular formula is C6H13NO3. The zero-order chi connectivity index (χ0) is 8.20. The first-order valence-corrected chi connectivity index (χ1v) is 3.14. The van der Waals surface area contributed by atoms with Gasteiger partial charge in [-0.2, -0.15) is 0 Å². The van der Waals surface area contributed by atoms with Crippen LogP contribution in [0.3, 0.4) is 0 Å². The van der Waals surface area contributed by atoms with Crippen LogP contribution in [0.4, 0.5) is 0 Å². The van der Waals surface area contributed by atoms with Crippen molar-refractivity contribution in [2.24, 2.45) is 5.73 Å². The number of hydrogen-bond acceptors (Lipinski definition) is 4. The van der Waals surface area contributed by atoms with Crippen molar-refractivity contribution in [1.82, 2.24) is 0 Å². The number of esters is 1. The van der Waals surface area contributed by atoms with Crippen LogP contribution in [0.5, 0.6) is 0 Å². The Kier molecular flexibility index (Phi) is 3.32. The molecule has 0 saturated carbocycles. The molecule has 0 amide bonds. The molecule has 0 aliphatic rings. The van der Waals surface area contributed by atoms with Crippen LogP contribution in [0.15, 0.2) is 0 Å². The smallest absolute Gasteiger partial charge is 0.339 e. The first-order valence-electron chi connectivity index (χ1n) is 3.14. The van der Waals surface area contributed by atoms with Crippen molar-refractivity contribution in [2.75, 3.05) is 13.2 Å². The third kappa shape index (κ3) is 2.33. The topological polar surface area (TPSA) is 72.5 Å². The maximum atomic E-state index is 10.7. The summed E-state index contributed by atoms with van der Waals surface area (Å²) in [6.45, 7) is 3.14. The summed E-state index contributed by atoms with van der Waals surface area (Å²) in [5.41, 5.74) is 3.55. The predicted molar refractivity (Wildman–Crippen MR) is 36.3 cm³/mol. The maximum absolute atomic E-state index is 10.7. The molecule has 0 unspecified atom stereocenters. The summed E-state index contributed by atoms with van der Waals surface area (Å²) in [6.07, 6.45) is 0. The first kappa shape index (κ1) is 9.39. The third-order valence-corrected chi connectivity index (χ3v) is 1.11. The van der Waals surface area contributed by atoms with E-state index in [1.807, 2.05) is 0 Å². The van der Waals surface area contributed by atoms with Gasteiger partial charge in [0, 0.05) is 6.54 Å². The molecule has 3 N–H and O–H groups in total. The molecular weight excluding hydrogens is 134 g/mol. The minimum absolute atomic E-state index is 0.119. The monoisotopic (exact) mass is 147 g/mol. The van der Waals surface area contributed by atoms with Gasteiger partial charge in [-0.1, -0.05) is 0 Å². The van der Waals surface area contributed by atoms with Gasteiger partial charge >= 0.3 is 5.97 Å². The van der Waals surface area contributed by atoms with Gasteiger partial charge in [0.1, 0.15) is 0 Å². The molecule has 0 aliphatic heterocycles. The van der Waals surface area contributed by atoms with Crippen LogP contribution in [0.2, 0.25) is 0 Å². The number of carbonyl (C=O) groups is 1. The number of carbonyl (C=O) groups excluding carboxylic acids is 1. The lowest BCUT2D eigenvalue weighted by atomic mass is 10.1. The van der Waals surface area contributed by atoms with E-state index in [9.17, 15) is 4.79 Å². The molecule has 1 atom stereocenters. The Balaban J connectivity index is 3.91. The van der Waals surface area contributed by atoms with Gasteiger partial charge in [-0.15, -0.1) is 0 Å². The highest BCUT2D eigenvalue weighted by Crippen LogP contribution is 2.02. The Hall–Kier alpha value is -0.610. The zero-order valence-electron chi connectivity index (χ0n) is 6.26. The second-order valence-electron chi connectivity index (χ2n) is 2.20. The van der Waals surface area contributed by atoms with E-state index in [4.69, 9.17) is 10.8 Å². The van der Waals surface area contributed by atoms with E-state index in [2.05, 4.69) is 4.74 Å². The SMILES string of the molecule is CCOC(=O)[C@](C)(O)CN. The van der Waals surface area contributed by atoms with Crippen LogP contribution in [0.1, 0.15) is 13.8 Å². The summed E-state index contributed by atoms with van der Waals surface area (Å²) < 4.78 is 4.53. The molecule has 4 heteroatoms. The van der Waals surface area contributed by atoms with Crippen molar-refractivity contribution in [2.45, 2.75) is 19.4 Å². The Morgan fingerprint density at radius 3 is 2.60 bits per heavy atom. The zero-order valence-corrected chi connectivity index (χ0v) is 6.26. The average molecular weight is 147 g/mol. The molecule has 10 heavy (non-hydrogen) atoms. The fourth-order valence-corrected chi connectivity index (χ4v) is 0.370. The molecule has 0 bridgehead atoms. The molecule has 4 nitrogen and oxygen atoms in total. The largest absolute Gasteiger partial charge is 0.464 e. The summed E-state index contributed by atoms with van der Waals surface area (Å²) >= 11 is 0. The summed E-state index contributed by atoms with van der Waals surface area (Å²) in [4.78, 5) is 10.7. The summed E-state index contributed by atoms with van der Waals surface area (Å²) in [6, 6.07) is 0. The molecule has 0 spiro atoms. The van der Waals surface area contributed by atoms with Crippen LogP contribution < -0.4 is 5.73 Å². The van der Waals surface area contributed by atoms with Crippen molar-refractivity contribution >= 4 is 5.97 Å². The molecule has 0 aromatic carbocycles. The minimum atomic E-state index is -1.53. The molecule has 0 saturated heterocycles. The van der Waals surface area contributed by atoms with Gasteiger partial charge in [-0.3, -0.25) is 0 Å². The highest BCUT2D eigenvalue weighted by atomic mass is 16.5. The molecule has 0 heterocycles. The lowest BCUT2D eigenvalue weighted by Gasteiger charge is -2.17. The van der Waals surface area contributed by atoms with E-state index in [0.717, 1.165) is 0 Å². The van der Waals surface area contributed by atoms with Crippen LogP contribution in [0, 0.1) is 0 Å². The minimum Gasteiger partial charge on any atom is -0.464 e. The van der Waals surface area contributed by atoms with Crippen molar-refractivity contribution < 1.29 is 14.6 Å². The van der Waals surface area contributed by atoms with Crippen molar-refractivity contribution in [1.29, 1.82) is 0 Å². The van der Waals surface area contributed by atoms with Gasteiger partial charge < -0.3 is 15.6 Å². The van der Waals surface area contributed by atoms with E-state index in [-0.39, 0.29) is 13.2 Å². The van der Waals surface area contributed by atoms with E-state index in [1.165, 1.54) is 6.92 Å². The number of nitrogens with two attached hydrogens (primary N) is 1. The van der Waals surface area contributed by atoms with Crippen LogP contribution >= 0.6 is 0 Å². The fourth-order valence-electron chi connectivity index (χ4n) is 0.370. The predicted octanol–water partition coefficient (Wildman–Crippen LogP) is -0.741. The number of ether oxygens (including phenoxy) is 1. The molecule has 0 aromatic heterocycles. The van der Waals surface area contributed by atoms with E-state index in [1.54, 1.807) is 6.92 Å². The van der Waals surface area contributed by atoms with Crippen LogP contribution in [-0.2, 0) is 9.53 Å². The fraction of sp³-hybridized carbons (Fsp3) is 0.833. The summed E-state index contributed by atoms with van der Waals surface area (Å²) in [5.74, 6) is -0.669. The highest BCUT2D eigenvalue weighted by molar-refractivity contribution is 5.78. The summed E-state index contributed by atoms with van der Waals surface area (Å²) in [5, 5.41) is 9.12. The normalized spacial score (nSPS) is 16.0. The first-order chi connectivity index (χ1) is 4.54. The average Bonchev–Trinajstić information content (AvgIpc) is 1.89. The lowest BCUT2D eigenvalue weighted by molar-refractivity contribution is -0.162. The number of aliphatic hydroxyl groups is 1. The van der Waals surface area contributed by atoms with Gasteiger partial charge in [0.25, 0.3) is 0 Å². The van der Waals surface area contributed by atoms with Crippen LogP contribution in [-0.4, -0.2) is 29.8 Å². The second kappa shape index (κ2) is 3.53. The van der Waals surface area contributed by atoms with Gasteiger partial charge in [0.2, 0.25) is 0 Å². The molecule has 60 valence electrons.